The van der Waals surface area contributed by atoms with Gasteiger partial charge in [0, 0.05) is 0 Å². The van der Waals surface area contributed by atoms with Crippen molar-refractivity contribution in [3.8, 4) is 0 Å². The third-order valence-corrected chi connectivity index (χ3v) is 4.16. The number of aliphatic hydroxyl groups excluding tert-OH is 6. The van der Waals surface area contributed by atoms with Crippen molar-refractivity contribution in [2.24, 2.45) is 0 Å². The van der Waals surface area contributed by atoms with Gasteiger partial charge in [0.25, 0.3) is 0 Å². The molecule has 1 unspecified atom stereocenters. The van der Waals surface area contributed by atoms with Crippen LogP contribution in [-0.2, 0) is 17.3 Å². The zero-order chi connectivity index (χ0) is 16.4. The predicted octanol–water partition coefficient (Wildman–Crippen LogP) is -3.38. The van der Waals surface area contributed by atoms with Crippen LogP contribution >= 0.6 is 23.0 Å². The molecule has 0 amide bonds. The highest BCUT2D eigenvalue weighted by Gasteiger charge is 2.48. The molecule has 2 saturated heterocycles. The zero-order valence-electron chi connectivity index (χ0n) is 11.3. The highest BCUT2D eigenvalue weighted by atomic mass is 127. The Bertz CT molecular complexity index is 356. The van der Waals surface area contributed by atoms with Gasteiger partial charge in [-0.1, -0.05) is 0 Å². The standard InChI is InChI=1S/C11H19IO10/c12-22-11-9(5(15)3(14)2-19-11)21-10-8(18)7(17)6(16)4(1-13)20-10/h3-11,13-18H,1-2H2/t3-,4-,5+,6-,7+,8?,9-,10+,11+/m1/s1. The topological polar surface area (TPSA) is 158 Å². The maximum atomic E-state index is 9.96. The molecular weight excluding hydrogens is 419 g/mol. The molecule has 0 aromatic heterocycles. The van der Waals surface area contributed by atoms with Crippen molar-refractivity contribution in [1.82, 2.24) is 0 Å². The molecule has 9 atom stereocenters. The van der Waals surface area contributed by atoms with Gasteiger partial charge in [-0.3, -0.25) is 3.07 Å². The lowest BCUT2D eigenvalue weighted by Crippen LogP contribution is -2.62. The van der Waals surface area contributed by atoms with Crippen molar-refractivity contribution in [1.29, 1.82) is 0 Å². The Kier molecular flexibility index (Phi) is 6.73. The molecule has 10 nitrogen and oxygen atoms in total. The van der Waals surface area contributed by atoms with E-state index in [-0.39, 0.29) is 6.61 Å². The Labute approximate surface area is 139 Å². The number of aliphatic hydroxyl groups is 6. The number of rotatable bonds is 4. The van der Waals surface area contributed by atoms with E-state index in [1.807, 2.05) is 0 Å². The summed E-state index contributed by atoms with van der Waals surface area (Å²) in [6.07, 6.45) is -12.2. The largest absolute Gasteiger partial charge is 0.394 e. The summed E-state index contributed by atoms with van der Waals surface area (Å²) in [6.45, 7) is -0.771. The summed E-state index contributed by atoms with van der Waals surface area (Å²) < 4.78 is 20.6. The summed E-state index contributed by atoms with van der Waals surface area (Å²) >= 11 is 1.53. The lowest BCUT2D eigenvalue weighted by molar-refractivity contribution is -0.346. The first-order valence-electron chi connectivity index (χ1n) is 6.61. The number of halogens is 1. The lowest BCUT2D eigenvalue weighted by atomic mass is 9.99. The van der Waals surface area contributed by atoms with Crippen LogP contribution in [0.25, 0.3) is 0 Å². The Morgan fingerprint density at radius 2 is 1.64 bits per heavy atom. The molecule has 0 aromatic carbocycles. The fourth-order valence-electron chi connectivity index (χ4n) is 2.32. The van der Waals surface area contributed by atoms with Gasteiger partial charge in [0.15, 0.2) is 12.6 Å². The third kappa shape index (κ3) is 3.70. The number of ether oxygens (including phenoxy) is 3. The van der Waals surface area contributed by atoms with Gasteiger partial charge in [0.1, 0.15) is 65.7 Å². The van der Waals surface area contributed by atoms with Crippen LogP contribution in [0.3, 0.4) is 0 Å². The molecule has 2 aliphatic heterocycles. The smallest absolute Gasteiger partial charge is 0.197 e. The minimum Gasteiger partial charge on any atom is -0.394 e. The molecule has 2 rings (SSSR count). The van der Waals surface area contributed by atoms with Crippen molar-refractivity contribution < 1.29 is 47.9 Å². The Hall–Kier alpha value is 0.330. The first-order chi connectivity index (χ1) is 10.4. The second-order valence-electron chi connectivity index (χ2n) is 5.15. The molecule has 0 saturated carbocycles. The van der Waals surface area contributed by atoms with Gasteiger partial charge < -0.3 is 44.8 Å². The average molecular weight is 438 g/mol. The van der Waals surface area contributed by atoms with Gasteiger partial charge in [-0.25, -0.2) is 0 Å². The van der Waals surface area contributed by atoms with Crippen LogP contribution in [0.5, 0.6) is 0 Å². The second-order valence-corrected chi connectivity index (χ2v) is 5.66. The van der Waals surface area contributed by atoms with E-state index in [1.165, 1.54) is 23.0 Å². The molecule has 0 bridgehead atoms. The molecular formula is C11H19IO10. The van der Waals surface area contributed by atoms with E-state index in [0.29, 0.717) is 0 Å². The monoisotopic (exact) mass is 438 g/mol. The van der Waals surface area contributed by atoms with Gasteiger partial charge in [-0.15, -0.1) is 0 Å². The Morgan fingerprint density at radius 1 is 0.955 bits per heavy atom. The average Bonchev–Trinajstić information content (AvgIpc) is 2.52. The van der Waals surface area contributed by atoms with E-state index in [4.69, 9.17) is 22.4 Å². The molecule has 2 fully saturated rings. The normalized spacial score (nSPS) is 50.0. The predicted molar refractivity (Wildman–Crippen MR) is 75.5 cm³/mol. The minimum absolute atomic E-state index is 0.163. The van der Waals surface area contributed by atoms with Gasteiger partial charge in [0.05, 0.1) is 13.2 Å². The fraction of sp³-hybridized carbons (Fsp3) is 1.00. The zero-order valence-corrected chi connectivity index (χ0v) is 13.5. The van der Waals surface area contributed by atoms with Crippen LogP contribution in [0.2, 0.25) is 0 Å². The highest BCUT2D eigenvalue weighted by molar-refractivity contribution is 14.1. The van der Waals surface area contributed by atoms with E-state index < -0.39 is 61.9 Å². The van der Waals surface area contributed by atoms with Gasteiger partial charge in [-0.2, -0.15) is 0 Å². The summed E-state index contributed by atoms with van der Waals surface area (Å²) in [7, 11) is 0. The van der Waals surface area contributed by atoms with Crippen molar-refractivity contribution in [2.75, 3.05) is 13.2 Å². The Balaban J connectivity index is 2.09. The second kappa shape index (κ2) is 7.94. The van der Waals surface area contributed by atoms with Crippen molar-refractivity contribution in [2.45, 2.75) is 55.3 Å². The van der Waals surface area contributed by atoms with Gasteiger partial charge in [-0.05, 0) is 0 Å². The summed E-state index contributed by atoms with van der Waals surface area (Å²) in [5.41, 5.74) is 0. The van der Waals surface area contributed by atoms with Crippen LogP contribution in [0.4, 0.5) is 0 Å². The van der Waals surface area contributed by atoms with Crippen LogP contribution in [0.1, 0.15) is 0 Å². The minimum atomic E-state index is -1.63. The van der Waals surface area contributed by atoms with E-state index >= 15 is 0 Å². The number of hydrogen-bond acceptors (Lipinski definition) is 10. The summed E-state index contributed by atoms with van der Waals surface area (Å²) in [5, 5.41) is 57.9. The SMILES string of the molecule is OC[C@H]1O[C@@H](O[C@H]2[C@H](OI)OC[C@@H](O)[C@@H]2O)C(O)[C@@H](O)[C@@H]1O. The molecule has 130 valence electrons. The van der Waals surface area contributed by atoms with Crippen LogP contribution in [0.15, 0.2) is 0 Å². The van der Waals surface area contributed by atoms with Crippen molar-refractivity contribution in [3.63, 3.8) is 0 Å². The van der Waals surface area contributed by atoms with E-state index in [2.05, 4.69) is 0 Å². The molecule has 0 aliphatic carbocycles. The summed E-state index contributed by atoms with van der Waals surface area (Å²) in [6, 6.07) is 0. The molecule has 6 N–H and O–H groups in total. The molecule has 0 spiro atoms. The van der Waals surface area contributed by atoms with Gasteiger partial charge >= 0.3 is 0 Å². The first kappa shape index (κ1) is 18.7. The third-order valence-electron chi connectivity index (χ3n) is 3.66. The molecule has 22 heavy (non-hydrogen) atoms. The molecule has 2 heterocycles. The van der Waals surface area contributed by atoms with E-state index in [0.717, 1.165) is 0 Å². The highest BCUT2D eigenvalue weighted by Crippen LogP contribution is 2.28. The lowest BCUT2D eigenvalue weighted by Gasteiger charge is -2.43. The molecule has 2 aliphatic rings. The quantitative estimate of drug-likeness (QED) is 0.245. The van der Waals surface area contributed by atoms with E-state index in [9.17, 15) is 25.5 Å². The maximum Gasteiger partial charge on any atom is 0.197 e. The summed E-state index contributed by atoms with van der Waals surface area (Å²) in [4.78, 5) is 0. The van der Waals surface area contributed by atoms with Crippen LogP contribution < -0.4 is 0 Å². The van der Waals surface area contributed by atoms with E-state index in [1.54, 1.807) is 0 Å². The van der Waals surface area contributed by atoms with Crippen LogP contribution in [0, 0.1) is 0 Å². The molecule has 11 heteroatoms. The molecule has 0 aromatic rings. The van der Waals surface area contributed by atoms with Crippen LogP contribution in [-0.4, -0.2) is 99.2 Å². The van der Waals surface area contributed by atoms with Gasteiger partial charge in [0.2, 0.25) is 0 Å². The first-order valence-corrected chi connectivity index (χ1v) is 7.50. The summed E-state index contributed by atoms with van der Waals surface area (Å²) in [5.74, 6) is 0. The maximum absolute atomic E-state index is 9.96. The molecule has 0 radical (unpaired) electrons. The Morgan fingerprint density at radius 3 is 2.23 bits per heavy atom. The van der Waals surface area contributed by atoms with Crippen molar-refractivity contribution in [3.05, 3.63) is 0 Å². The number of hydrogen-bond donors (Lipinski definition) is 6. The fourth-order valence-corrected chi connectivity index (χ4v) is 2.76. The van der Waals surface area contributed by atoms with Crippen molar-refractivity contribution >= 4 is 23.0 Å².